The molecule has 0 aromatic heterocycles. The van der Waals surface area contributed by atoms with Gasteiger partial charge in [0, 0.05) is 37.8 Å². The first-order valence-electron chi connectivity index (χ1n) is 10.1. The number of phenolic OH excluding ortho intramolecular Hbond substituents is 1. The molecule has 0 unspecified atom stereocenters. The van der Waals surface area contributed by atoms with E-state index in [1.54, 1.807) is 25.1 Å². The van der Waals surface area contributed by atoms with Crippen LogP contribution in [0.4, 0.5) is 10.1 Å². The maximum atomic E-state index is 14.1. The van der Waals surface area contributed by atoms with Crippen LogP contribution < -0.4 is 4.90 Å². The molecule has 0 saturated carbocycles. The lowest BCUT2D eigenvalue weighted by molar-refractivity contribution is -0.119. The van der Waals surface area contributed by atoms with Crippen molar-refractivity contribution in [3.63, 3.8) is 0 Å². The van der Waals surface area contributed by atoms with E-state index >= 15 is 0 Å². The first kappa shape index (κ1) is 20.3. The number of amides is 1. The third-order valence-electron chi connectivity index (χ3n) is 5.41. The van der Waals surface area contributed by atoms with E-state index < -0.39 is 0 Å². The maximum Gasteiger partial charge on any atom is 0.227 e. The van der Waals surface area contributed by atoms with Crippen LogP contribution in [-0.4, -0.2) is 35.0 Å². The molecule has 1 N–H and O–H groups in total. The molecule has 1 aliphatic heterocycles. The molecule has 1 fully saturated rings. The zero-order valence-corrected chi connectivity index (χ0v) is 16.7. The van der Waals surface area contributed by atoms with Crippen LogP contribution in [0.2, 0.25) is 0 Å². The van der Waals surface area contributed by atoms with Gasteiger partial charge in [0.1, 0.15) is 11.6 Å². The molecule has 5 heteroatoms. The maximum absolute atomic E-state index is 14.1. The Morgan fingerprint density at radius 3 is 2.61 bits per heavy atom. The lowest BCUT2D eigenvalue weighted by Gasteiger charge is -2.38. The molecule has 2 aromatic carbocycles. The van der Waals surface area contributed by atoms with Crippen molar-refractivity contribution < 1.29 is 14.3 Å². The molecule has 4 nitrogen and oxygen atoms in total. The number of hydrogen-bond acceptors (Lipinski definition) is 3. The van der Waals surface area contributed by atoms with Gasteiger partial charge in [-0.3, -0.25) is 9.69 Å². The van der Waals surface area contributed by atoms with E-state index in [0.29, 0.717) is 17.7 Å². The average molecular weight is 384 g/mol. The van der Waals surface area contributed by atoms with Gasteiger partial charge >= 0.3 is 0 Å². The Balaban J connectivity index is 1.70. The summed E-state index contributed by atoms with van der Waals surface area (Å²) in [5, 5.41) is 9.64. The van der Waals surface area contributed by atoms with Gasteiger partial charge in [0.2, 0.25) is 5.91 Å². The number of piperidine rings is 1. The molecule has 3 rings (SSSR count). The molecule has 0 bridgehead atoms. The van der Waals surface area contributed by atoms with Crippen molar-refractivity contribution in [2.24, 2.45) is 0 Å². The third-order valence-corrected chi connectivity index (χ3v) is 5.41. The highest BCUT2D eigenvalue weighted by atomic mass is 19.1. The van der Waals surface area contributed by atoms with Gasteiger partial charge in [0.25, 0.3) is 0 Å². The number of aryl methyl sites for hydroxylation is 1. The topological polar surface area (TPSA) is 43.8 Å². The summed E-state index contributed by atoms with van der Waals surface area (Å²) in [6, 6.07) is 12.5. The second kappa shape index (κ2) is 9.20. The van der Waals surface area contributed by atoms with Crippen LogP contribution >= 0.6 is 0 Å². The molecule has 1 amide bonds. The first-order valence-corrected chi connectivity index (χ1v) is 10.1. The summed E-state index contributed by atoms with van der Waals surface area (Å²) in [6.45, 7) is 6.24. The highest BCUT2D eigenvalue weighted by Gasteiger charge is 2.29. The normalized spacial score (nSPS) is 15.5. The van der Waals surface area contributed by atoms with Crippen LogP contribution in [0.15, 0.2) is 42.5 Å². The predicted molar refractivity (Wildman–Crippen MR) is 110 cm³/mol. The summed E-state index contributed by atoms with van der Waals surface area (Å²) in [4.78, 5) is 17.0. The lowest BCUT2D eigenvalue weighted by atomic mass is 10.0. The Bertz CT molecular complexity index is 816. The van der Waals surface area contributed by atoms with Crippen molar-refractivity contribution in [2.75, 3.05) is 18.0 Å². The number of carbonyl (C=O) groups excluding carboxylic acids is 1. The fourth-order valence-electron chi connectivity index (χ4n) is 3.87. The van der Waals surface area contributed by atoms with E-state index in [1.807, 2.05) is 30.0 Å². The van der Waals surface area contributed by atoms with E-state index in [-0.39, 0.29) is 23.5 Å². The van der Waals surface area contributed by atoms with Gasteiger partial charge in [-0.1, -0.05) is 25.1 Å². The Hall–Kier alpha value is -2.40. The Morgan fingerprint density at radius 2 is 1.96 bits per heavy atom. The minimum Gasteiger partial charge on any atom is -0.508 e. The molecule has 1 aliphatic rings. The van der Waals surface area contributed by atoms with Crippen molar-refractivity contribution in [3.8, 4) is 5.75 Å². The van der Waals surface area contributed by atoms with Crippen molar-refractivity contribution in [2.45, 2.75) is 52.1 Å². The molecule has 0 spiro atoms. The highest BCUT2D eigenvalue weighted by Crippen LogP contribution is 2.27. The average Bonchev–Trinajstić information content (AvgIpc) is 2.66. The first-order chi connectivity index (χ1) is 13.5. The van der Waals surface area contributed by atoms with Gasteiger partial charge in [-0.05, 0) is 61.6 Å². The number of rotatable bonds is 6. The van der Waals surface area contributed by atoms with Crippen LogP contribution in [-0.2, 0) is 11.3 Å². The molecule has 1 heterocycles. The van der Waals surface area contributed by atoms with E-state index in [0.717, 1.165) is 44.5 Å². The minimum atomic E-state index is -0.270. The highest BCUT2D eigenvalue weighted by molar-refractivity contribution is 5.94. The third kappa shape index (κ3) is 4.90. The van der Waals surface area contributed by atoms with Gasteiger partial charge in [-0.25, -0.2) is 4.39 Å². The number of nitrogens with zero attached hydrogens (tertiary/aromatic N) is 2. The van der Waals surface area contributed by atoms with Crippen molar-refractivity contribution in [1.29, 1.82) is 0 Å². The number of hydrogen-bond donors (Lipinski definition) is 1. The van der Waals surface area contributed by atoms with Crippen LogP contribution in [0.25, 0.3) is 0 Å². The summed E-state index contributed by atoms with van der Waals surface area (Å²) >= 11 is 0. The molecular weight excluding hydrogens is 355 g/mol. The van der Waals surface area contributed by atoms with Crippen LogP contribution in [0.1, 0.15) is 43.7 Å². The second-order valence-electron chi connectivity index (χ2n) is 7.62. The van der Waals surface area contributed by atoms with Crippen LogP contribution in [0, 0.1) is 12.7 Å². The molecular formula is C23H29FN2O2. The molecule has 0 aliphatic carbocycles. The fraction of sp³-hybridized carbons (Fsp3) is 0.435. The number of anilines is 1. The summed E-state index contributed by atoms with van der Waals surface area (Å²) in [6.07, 6.45) is 2.95. The number of likely N-dealkylation sites (tertiary alicyclic amines) is 1. The van der Waals surface area contributed by atoms with E-state index in [2.05, 4.69) is 4.90 Å². The summed E-state index contributed by atoms with van der Waals surface area (Å²) in [7, 11) is 0. The standard InChI is InChI=1S/C23H29FN2O2/c1-3-5-23(28)26(20-9-8-17(2)22(24)15-20)19-10-12-25(13-11-19)16-18-6-4-7-21(27)14-18/h4,6-9,14-15,19,27H,3,5,10-13,16H2,1-2H3. The molecule has 0 atom stereocenters. The van der Waals surface area contributed by atoms with Crippen molar-refractivity contribution in [1.82, 2.24) is 4.90 Å². The zero-order chi connectivity index (χ0) is 20.1. The van der Waals surface area contributed by atoms with Crippen LogP contribution in [0.3, 0.4) is 0 Å². The summed E-state index contributed by atoms with van der Waals surface area (Å²) < 4.78 is 14.1. The predicted octanol–water partition coefficient (Wildman–Crippen LogP) is 4.64. The van der Waals surface area contributed by atoms with E-state index in [1.165, 1.54) is 6.07 Å². The fourth-order valence-corrected chi connectivity index (χ4v) is 3.87. The van der Waals surface area contributed by atoms with Gasteiger partial charge in [-0.15, -0.1) is 0 Å². The SMILES string of the molecule is CCCC(=O)N(c1ccc(C)c(F)c1)C1CCN(Cc2cccc(O)c2)CC1. The number of halogens is 1. The summed E-state index contributed by atoms with van der Waals surface area (Å²) in [5.74, 6) is 0.0791. The molecule has 2 aromatic rings. The van der Waals surface area contributed by atoms with Crippen LogP contribution in [0.5, 0.6) is 5.75 Å². The quantitative estimate of drug-likeness (QED) is 0.789. The molecule has 28 heavy (non-hydrogen) atoms. The van der Waals surface area contributed by atoms with E-state index in [4.69, 9.17) is 0 Å². The van der Waals surface area contributed by atoms with Crippen molar-refractivity contribution >= 4 is 11.6 Å². The van der Waals surface area contributed by atoms with Gasteiger partial charge in [0.05, 0.1) is 0 Å². The number of aromatic hydroxyl groups is 1. The largest absolute Gasteiger partial charge is 0.508 e. The Kier molecular flexibility index (Phi) is 6.68. The van der Waals surface area contributed by atoms with Gasteiger partial charge in [0.15, 0.2) is 0 Å². The second-order valence-corrected chi connectivity index (χ2v) is 7.62. The number of carbonyl (C=O) groups is 1. The van der Waals surface area contributed by atoms with E-state index in [9.17, 15) is 14.3 Å². The zero-order valence-electron chi connectivity index (χ0n) is 16.7. The Labute approximate surface area is 166 Å². The molecule has 1 saturated heterocycles. The summed E-state index contributed by atoms with van der Waals surface area (Å²) in [5.41, 5.74) is 2.33. The van der Waals surface area contributed by atoms with Gasteiger partial charge in [-0.2, -0.15) is 0 Å². The lowest BCUT2D eigenvalue weighted by Crippen LogP contribution is -2.47. The Morgan fingerprint density at radius 1 is 1.21 bits per heavy atom. The minimum absolute atomic E-state index is 0.0668. The number of benzene rings is 2. The monoisotopic (exact) mass is 384 g/mol. The molecule has 0 radical (unpaired) electrons. The van der Waals surface area contributed by atoms with Gasteiger partial charge < -0.3 is 10.0 Å². The smallest absolute Gasteiger partial charge is 0.227 e. The molecule has 150 valence electrons. The van der Waals surface area contributed by atoms with Crippen molar-refractivity contribution in [3.05, 3.63) is 59.4 Å². The number of phenols is 1.